The molecule has 1 rings (SSSR count). The first-order valence-corrected chi connectivity index (χ1v) is 10.1. The molecule has 1 aromatic carbocycles. The molecule has 0 atom stereocenters. The number of thioether (sulfide) groups is 1. The second kappa shape index (κ2) is 13.9. The number of hydrogen-bond donors (Lipinski definition) is 0. The number of benzene rings is 1. The summed E-state index contributed by atoms with van der Waals surface area (Å²) in [6, 6.07) is 10.8. The zero-order valence-corrected chi connectivity index (χ0v) is 15.5. The van der Waals surface area contributed by atoms with Gasteiger partial charge in [-0.1, -0.05) is 94.8 Å². The van der Waals surface area contributed by atoms with Gasteiger partial charge in [-0.15, -0.1) is 0 Å². The molecule has 1 heteroatoms. The molecule has 0 bridgehead atoms. The van der Waals surface area contributed by atoms with Crippen LogP contribution in [0.25, 0.3) is 0 Å². The Morgan fingerprint density at radius 3 is 2.14 bits per heavy atom. The standard InChI is InChI=1S/C21H34S/c1-3-5-7-9-10-13-17-20(16-12-8-6-4-2)22-21-18-14-11-15-19-21/h11,14-15,17-19H,3-10,12-13,16H2,1-2H3/b20-17+. The number of unbranched alkanes of at least 4 members (excludes halogenated alkanes) is 8. The van der Waals surface area contributed by atoms with E-state index >= 15 is 0 Å². The van der Waals surface area contributed by atoms with E-state index in [2.05, 4.69) is 50.3 Å². The van der Waals surface area contributed by atoms with Gasteiger partial charge in [0.25, 0.3) is 0 Å². The van der Waals surface area contributed by atoms with E-state index in [9.17, 15) is 0 Å². The summed E-state index contributed by atoms with van der Waals surface area (Å²) < 4.78 is 0. The average molecular weight is 319 g/mol. The van der Waals surface area contributed by atoms with E-state index in [0.29, 0.717) is 0 Å². The lowest BCUT2D eigenvalue weighted by Crippen LogP contribution is -1.83. The van der Waals surface area contributed by atoms with Crippen molar-refractivity contribution in [3.05, 3.63) is 41.3 Å². The number of rotatable bonds is 13. The molecule has 0 aliphatic rings. The molecule has 0 aliphatic carbocycles. The first kappa shape index (κ1) is 19.4. The van der Waals surface area contributed by atoms with Gasteiger partial charge in [0.05, 0.1) is 0 Å². The van der Waals surface area contributed by atoms with Gasteiger partial charge in [0.2, 0.25) is 0 Å². The fraction of sp³-hybridized carbons (Fsp3) is 0.619. The monoisotopic (exact) mass is 318 g/mol. The predicted molar refractivity (Wildman–Crippen MR) is 103 cm³/mol. The van der Waals surface area contributed by atoms with Gasteiger partial charge in [-0.05, 0) is 42.7 Å². The molecule has 0 aliphatic heterocycles. The first-order chi connectivity index (χ1) is 10.9. The van der Waals surface area contributed by atoms with Crippen molar-refractivity contribution < 1.29 is 0 Å². The fourth-order valence-electron chi connectivity index (χ4n) is 2.57. The van der Waals surface area contributed by atoms with E-state index in [1.54, 1.807) is 4.91 Å². The summed E-state index contributed by atoms with van der Waals surface area (Å²) in [6.07, 6.45) is 17.3. The molecule has 0 saturated carbocycles. The highest BCUT2D eigenvalue weighted by molar-refractivity contribution is 8.03. The lowest BCUT2D eigenvalue weighted by molar-refractivity contribution is 0.635. The topological polar surface area (TPSA) is 0 Å². The summed E-state index contributed by atoms with van der Waals surface area (Å²) in [7, 11) is 0. The van der Waals surface area contributed by atoms with Crippen LogP contribution in [0.4, 0.5) is 0 Å². The van der Waals surface area contributed by atoms with E-state index in [-0.39, 0.29) is 0 Å². The first-order valence-electron chi connectivity index (χ1n) is 9.28. The zero-order chi connectivity index (χ0) is 15.9. The van der Waals surface area contributed by atoms with Crippen LogP contribution < -0.4 is 0 Å². The summed E-state index contributed by atoms with van der Waals surface area (Å²) >= 11 is 1.98. The lowest BCUT2D eigenvalue weighted by atomic mass is 10.1. The van der Waals surface area contributed by atoms with Crippen molar-refractivity contribution in [1.82, 2.24) is 0 Å². The highest BCUT2D eigenvalue weighted by Crippen LogP contribution is 2.31. The highest BCUT2D eigenvalue weighted by Gasteiger charge is 2.01. The third-order valence-electron chi connectivity index (χ3n) is 3.95. The number of hydrogen-bond acceptors (Lipinski definition) is 1. The molecule has 0 nitrogen and oxygen atoms in total. The largest absolute Gasteiger partial charge is 0.0949 e. The highest BCUT2D eigenvalue weighted by atomic mass is 32.2. The van der Waals surface area contributed by atoms with E-state index in [0.717, 1.165) is 0 Å². The van der Waals surface area contributed by atoms with Crippen LogP contribution in [-0.4, -0.2) is 0 Å². The Hall–Kier alpha value is -0.690. The van der Waals surface area contributed by atoms with Crippen molar-refractivity contribution in [2.24, 2.45) is 0 Å². The third-order valence-corrected chi connectivity index (χ3v) is 5.09. The van der Waals surface area contributed by atoms with Gasteiger partial charge < -0.3 is 0 Å². The quantitative estimate of drug-likeness (QED) is 0.262. The summed E-state index contributed by atoms with van der Waals surface area (Å²) in [5.41, 5.74) is 0. The van der Waals surface area contributed by atoms with E-state index in [1.165, 1.54) is 75.5 Å². The predicted octanol–water partition coefficient (Wildman–Crippen LogP) is 7.99. The molecule has 0 saturated heterocycles. The molecule has 0 spiro atoms. The summed E-state index contributed by atoms with van der Waals surface area (Å²) in [4.78, 5) is 2.97. The van der Waals surface area contributed by atoms with Crippen LogP contribution in [0.1, 0.15) is 84.5 Å². The Morgan fingerprint density at radius 2 is 1.45 bits per heavy atom. The van der Waals surface area contributed by atoms with E-state index in [4.69, 9.17) is 0 Å². The Morgan fingerprint density at radius 1 is 0.818 bits per heavy atom. The van der Waals surface area contributed by atoms with Gasteiger partial charge in [-0.2, -0.15) is 0 Å². The fourth-order valence-corrected chi connectivity index (χ4v) is 3.62. The molecular weight excluding hydrogens is 284 g/mol. The van der Waals surface area contributed by atoms with Crippen LogP contribution in [0.15, 0.2) is 46.2 Å². The molecule has 0 unspecified atom stereocenters. The molecule has 0 fully saturated rings. The van der Waals surface area contributed by atoms with Crippen LogP contribution in [0.3, 0.4) is 0 Å². The Balaban J connectivity index is 2.39. The second-order valence-electron chi connectivity index (χ2n) is 6.10. The van der Waals surface area contributed by atoms with Crippen LogP contribution >= 0.6 is 11.8 Å². The third kappa shape index (κ3) is 10.1. The minimum Gasteiger partial charge on any atom is -0.0949 e. The van der Waals surface area contributed by atoms with Gasteiger partial charge in [0.1, 0.15) is 0 Å². The minimum absolute atomic E-state index is 1.26. The van der Waals surface area contributed by atoms with Gasteiger partial charge in [0, 0.05) is 4.90 Å². The van der Waals surface area contributed by atoms with Crippen molar-refractivity contribution in [1.29, 1.82) is 0 Å². The van der Waals surface area contributed by atoms with Crippen molar-refractivity contribution in [2.75, 3.05) is 0 Å². The van der Waals surface area contributed by atoms with Crippen LogP contribution in [0.2, 0.25) is 0 Å². The molecule has 0 radical (unpaired) electrons. The molecule has 0 N–H and O–H groups in total. The van der Waals surface area contributed by atoms with Crippen molar-refractivity contribution in [2.45, 2.75) is 89.4 Å². The smallest absolute Gasteiger partial charge is 0.0118 e. The normalized spacial score (nSPS) is 11.8. The lowest BCUT2D eigenvalue weighted by Gasteiger charge is -2.08. The van der Waals surface area contributed by atoms with Crippen LogP contribution in [0, 0.1) is 0 Å². The van der Waals surface area contributed by atoms with Crippen molar-refractivity contribution >= 4 is 11.8 Å². The average Bonchev–Trinajstić information content (AvgIpc) is 2.55. The van der Waals surface area contributed by atoms with Crippen molar-refractivity contribution in [3.8, 4) is 0 Å². The second-order valence-corrected chi connectivity index (χ2v) is 7.30. The molecular formula is C21H34S. The van der Waals surface area contributed by atoms with Gasteiger partial charge in [-0.3, -0.25) is 0 Å². The summed E-state index contributed by atoms with van der Waals surface area (Å²) in [6.45, 7) is 4.57. The van der Waals surface area contributed by atoms with E-state index in [1.807, 2.05) is 11.8 Å². The summed E-state index contributed by atoms with van der Waals surface area (Å²) in [5, 5.41) is 0. The van der Waals surface area contributed by atoms with Gasteiger partial charge in [-0.25, -0.2) is 0 Å². The summed E-state index contributed by atoms with van der Waals surface area (Å²) in [5.74, 6) is 0. The molecule has 0 aromatic heterocycles. The SMILES string of the molecule is CCCCCCC/C=C(\CCCCCC)Sc1ccccc1. The minimum atomic E-state index is 1.26. The van der Waals surface area contributed by atoms with Gasteiger partial charge in [0.15, 0.2) is 0 Å². The maximum absolute atomic E-state index is 2.51. The van der Waals surface area contributed by atoms with Crippen molar-refractivity contribution in [3.63, 3.8) is 0 Å². The molecule has 22 heavy (non-hydrogen) atoms. The maximum atomic E-state index is 2.51. The van der Waals surface area contributed by atoms with Crippen LogP contribution in [-0.2, 0) is 0 Å². The molecule has 0 amide bonds. The van der Waals surface area contributed by atoms with Gasteiger partial charge >= 0.3 is 0 Å². The zero-order valence-electron chi connectivity index (χ0n) is 14.7. The Kier molecular flexibility index (Phi) is 12.3. The molecule has 0 heterocycles. The molecule has 1 aromatic rings. The van der Waals surface area contributed by atoms with Crippen LogP contribution in [0.5, 0.6) is 0 Å². The molecule has 124 valence electrons. The number of allylic oxidation sites excluding steroid dienone is 2. The Labute approximate surface area is 142 Å². The van der Waals surface area contributed by atoms with E-state index < -0.39 is 0 Å². The Bertz CT molecular complexity index is 380. The maximum Gasteiger partial charge on any atom is 0.0118 e.